The molecule has 0 saturated carbocycles. The molecule has 0 bridgehead atoms. The second-order valence-electron chi connectivity index (χ2n) is 2.95. The molecule has 0 unspecified atom stereocenters. The van der Waals surface area contributed by atoms with Gasteiger partial charge >= 0.3 is 0 Å². The Balaban J connectivity index is 4.19. The molecule has 0 aliphatic carbocycles. The first-order valence-electron chi connectivity index (χ1n) is 3.08. The van der Waals surface area contributed by atoms with Gasteiger partial charge in [-0.1, -0.05) is 13.8 Å². The summed E-state index contributed by atoms with van der Waals surface area (Å²) < 4.78 is 0. The van der Waals surface area contributed by atoms with E-state index in [9.17, 15) is 4.79 Å². The van der Waals surface area contributed by atoms with E-state index in [0.717, 1.165) is 0 Å². The number of aliphatic hydroxyl groups is 1. The van der Waals surface area contributed by atoms with Gasteiger partial charge in [-0.2, -0.15) is 0 Å². The van der Waals surface area contributed by atoms with Crippen molar-refractivity contribution < 1.29 is 9.90 Å². The zero-order valence-electron chi connectivity index (χ0n) is 6.43. The van der Waals surface area contributed by atoms with Crippen LogP contribution in [0.25, 0.3) is 0 Å². The summed E-state index contributed by atoms with van der Waals surface area (Å²) >= 11 is 0. The third-order valence-electron chi connectivity index (χ3n) is 1.95. The van der Waals surface area contributed by atoms with Gasteiger partial charge in [-0.15, -0.1) is 0 Å². The van der Waals surface area contributed by atoms with Crippen molar-refractivity contribution in [3.63, 3.8) is 0 Å². The fraction of sp³-hybridized carbons (Fsp3) is 0.857. The summed E-state index contributed by atoms with van der Waals surface area (Å²) in [5, 5.41) is 9.03. The summed E-state index contributed by atoms with van der Waals surface area (Å²) in [4.78, 5) is 10.7. The van der Waals surface area contributed by atoms with Gasteiger partial charge in [0.25, 0.3) is 0 Å². The second-order valence-corrected chi connectivity index (χ2v) is 2.95. The van der Waals surface area contributed by atoms with Gasteiger partial charge in [0.15, 0.2) is 0 Å². The zero-order chi connectivity index (χ0) is 7.65. The van der Waals surface area contributed by atoms with Crippen LogP contribution in [0.1, 0.15) is 27.7 Å². The molecule has 0 aromatic rings. The van der Waals surface area contributed by atoms with E-state index in [0.29, 0.717) is 0 Å². The maximum absolute atomic E-state index is 10.7. The summed E-state index contributed by atoms with van der Waals surface area (Å²) in [7, 11) is 0. The highest BCUT2D eigenvalue weighted by Crippen LogP contribution is 2.20. The van der Waals surface area contributed by atoms with Gasteiger partial charge in [-0.3, -0.25) is 4.79 Å². The molecular weight excluding hydrogens is 116 g/mol. The lowest BCUT2D eigenvalue weighted by atomic mass is 9.84. The first kappa shape index (κ1) is 8.63. The zero-order valence-corrected chi connectivity index (χ0v) is 6.43. The Kier molecular flexibility index (Phi) is 2.38. The first-order valence-corrected chi connectivity index (χ1v) is 3.08. The third kappa shape index (κ3) is 1.79. The number of hydrogen-bond donors (Lipinski definition) is 1. The maximum atomic E-state index is 10.7. The van der Waals surface area contributed by atoms with Gasteiger partial charge in [0.1, 0.15) is 5.78 Å². The molecule has 0 rings (SSSR count). The van der Waals surface area contributed by atoms with Crippen molar-refractivity contribution in [3.05, 3.63) is 0 Å². The van der Waals surface area contributed by atoms with Crippen molar-refractivity contribution in [2.45, 2.75) is 33.8 Å². The van der Waals surface area contributed by atoms with E-state index in [-0.39, 0.29) is 5.78 Å². The molecule has 0 aliphatic heterocycles. The van der Waals surface area contributed by atoms with Crippen LogP contribution >= 0.6 is 0 Å². The van der Waals surface area contributed by atoms with Crippen molar-refractivity contribution in [2.24, 2.45) is 5.41 Å². The van der Waals surface area contributed by atoms with Gasteiger partial charge < -0.3 is 5.11 Å². The van der Waals surface area contributed by atoms with E-state index in [1.807, 2.05) is 0 Å². The largest absolute Gasteiger partial charge is 0.392 e. The summed E-state index contributed by atoms with van der Waals surface area (Å²) in [6, 6.07) is 0. The second kappa shape index (κ2) is 2.48. The Labute approximate surface area is 55.9 Å². The van der Waals surface area contributed by atoms with Crippen molar-refractivity contribution >= 4 is 5.78 Å². The lowest BCUT2D eigenvalue weighted by Gasteiger charge is -2.23. The molecule has 0 fully saturated rings. The fourth-order valence-corrected chi connectivity index (χ4v) is 0.294. The van der Waals surface area contributed by atoms with Gasteiger partial charge in [-0.25, -0.2) is 0 Å². The molecule has 2 nitrogen and oxygen atoms in total. The highest BCUT2D eigenvalue weighted by atomic mass is 16.3. The Morgan fingerprint density at radius 3 is 1.89 bits per heavy atom. The highest BCUT2D eigenvalue weighted by Gasteiger charge is 2.28. The normalized spacial score (nSPS) is 15.2. The minimum atomic E-state index is -0.583. The van der Waals surface area contributed by atoms with E-state index in [2.05, 4.69) is 0 Å². The Morgan fingerprint density at radius 1 is 1.56 bits per heavy atom. The minimum absolute atomic E-state index is 0.0255. The monoisotopic (exact) mass is 130 g/mol. The molecule has 0 amide bonds. The molecule has 1 atom stereocenters. The van der Waals surface area contributed by atoms with E-state index in [1.54, 1.807) is 20.8 Å². The third-order valence-corrected chi connectivity index (χ3v) is 1.95. The van der Waals surface area contributed by atoms with Crippen molar-refractivity contribution in [3.8, 4) is 0 Å². The van der Waals surface area contributed by atoms with Crippen molar-refractivity contribution in [1.29, 1.82) is 0 Å². The number of ketones is 1. The molecule has 0 saturated heterocycles. The number of hydrogen-bond acceptors (Lipinski definition) is 2. The van der Waals surface area contributed by atoms with Crippen molar-refractivity contribution in [2.75, 3.05) is 0 Å². The van der Waals surface area contributed by atoms with Gasteiger partial charge in [0, 0.05) is 5.41 Å². The number of carbonyl (C=O) groups excluding carboxylic acids is 1. The molecule has 1 N–H and O–H groups in total. The predicted octanol–water partition coefficient (Wildman–Crippen LogP) is 0.982. The molecule has 0 spiro atoms. The average Bonchev–Trinajstić information content (AvgIpc) is 1.65. The van der Waals surface area contributed by atoms with Gasteiger partial charge in [-0.05, 0) is 13.8 Å². The van der Waals surface area contributed by atoms with Gasteiger partial charge in [0.2, 0.25) is 0 Å². The number of Topliss-reactive ketones (excluding diaryl/α,β-unsaturated/α-hetero) is 1. The van der Waals surface area contributed by atoms with Crippen LogP contribution in [0.4, 0.5) is 0 Å². The van der Waals surface area contributed by atoms with E-state index >= 15 is 0 Å². The molecular formula is C7H14O2. The van der Waals surface area contributed by atoms with Crippen LogP contribution in [-0.4, -0.2) is 17.0 Å². The van der Waals surface area contributed by atoms with Crippen molar-refractivity contribution in [1.82, 2.24) is 0 Å². The van der Waals surface area contributed by atoms with Gasteiger partial charge in [0.05, 0.1) is 6.10 Å². The Hall–Kier alpha value is -0.370. The number of carbonyl (C=O) groups is 1. The molecule has 0 radical (unpaired) electrons. The SMILES string of the molecule is CC(=O)C(C)(C)[C@H](C)O. The predicted molar refractivity (Wildman–Crippen MR) is 36.1 cm³/mol. The Bertz CT molecular complexity index is 114. The van der Waals surface area contributed by atoms with E-state index in [4.69, 9.17) is 5.11 Å². The maximum Gasteiger partial charge on any atom is 0.137 e. The topological polar surface area (TPSA) is 37.3 Å². The molecule has 9 heavy (non-hydrogen) atoms. The van der Waals surface area contributed by atoms with Crippen LogP contribution in [-0.2, 0) is 4.79 Å². The number of rotatable bonds is 2. The van der Waals surface area contributed by atoms with Crippen LogP contribution in [0.5, 0.6) is 0 Å². The van der Waals surface area contributed by atoms with Crippen LogP contribution in [0, 0.1) is 5.41 Å². The smallest absolute Gasteiger partial charge is 0.137 e. The van der Waals surface area contributed by atoms with E-state index in [1.165, 1.54) is 6.92 Å². The Morgan fingerprint density at radius 2 is 1.89 bits per heavy atom. The van der Waals surface area contributed by atoms with Crippen LogP contribution < -0.4 is 0 Å². The lowest BCUT2D eigenvalue weighted by molar-refractivity contribution is -0.129. The highest BCUT2D eigenvalue weighted by molar-refractivity contribution is 5.82. The summed E-state index contributed by atoms with van der Waals surface area (Å²) in [6.45, 7) is 6.59. The standard InChI is InChI=1S/C7H14O2/c1-5(8)7(3,4)6(2)9/h5,8H,1-4H3/t5-/m0/s1. The summed E-state index contributed by atoms with van der Waals surface area (Å²) in [5.41, 5.74) is -0.583. The van der Waals surface area contributed by atoms with E-state index < -0.39 is 11.5 Å². The quantitative estimate of drug-likeness (QED) is 0.605. The molecule has 0 aliphatic rings. The molecule has 0 aromatic carbocycles. The first-order chi connectivity index (χ1) is 3.89. The fourth-order valence-electron chi connectivity index (χ4n) is 0.294. The van der Waals surface area contributed by atoms with Crippen LogP contribution in [0.2, 0.25) is 0 Å². The summed E-state index contributed by atoms with van der Waals surface area (Å²) in [6.07, 6.45) is -0.560. The van der Waals surface area contributed by atoms with Crippen LogP contribution in [0.15, 0.2) is 0 Å². The minimum Gasteiger partial charge on any atom is -0.392 e. The molecule has 0 aromatic heterocycles. The molecule has 54 valence electrons. The molecule has 2 heteroatoms. The summed E-state index contributed by atoms with van der Waals surface area (Å²) in [5.74, 6) is 0.0255. The lowest BCUT2D eigenvalue weighted by Crippen LogP contribution is -2.33. The van der Waals surface area contributed by atoms with Crippen LogP contribution in [0.3, 0.4) is 0 Å². The number of aliphatic hydroxyl groups excluding tert-OH is 1. The average molecular weight is 130 g/mol. The molecule has 0 heterocycles.